The van der Waals surface area contributed by atoms with Gasteiger partial charge in [-0.1, -0.05) is 39.3 Å². The molecule has 0 fully saturated rings. The molecule has 0 heterocycles. The summed E-state index contributed by atoms with van der Waals surface area (Å²) >= 11 is 0. The maximum atomic E-state index is 12.0. The van der Waals surface area contributed by atoms with Crippen LogP contribution in [0.1, 0.15) is 49.5 Å². The fourth-order valence-corrected chi connectivity index (χ4v) is 2.42. The van der Waals surface area contributed by atoms with E-state index in [2.05, 4.69) is 6.92 Å². The minimum Gasteiger partial charge on any atom is -0.478 e. The number of hydrogen-bond acceptors (Lipinski definition) is 4. The van der Waals surface area contributed by atoms with Crippen molar-refractivity contribution in [2.45, 2.75) is 46.1 Å². The SMILES string of the molecule is CCCC(Cc1ccc(C(=O)O)cc1)OC(=O)CN(CC)CC. The molecule has 1 atom stereocenters. The van der Waals surface area contributed by atoms with Gasteiger partial charge in [-0.05, 0) is 37.2 Å². The van der Waals surface area contributed by atoms with Crippen molar-refractivity contribution in [2.24, 2.45) is 0 Å². The molecule has 128 valence electrons. The molecule has 1 rings (SSSR count). The monoisotopic (exact) mass is 321 g/mol. The Kier molecular flexibility index (Phi) is 8.33. The van der Waals surface area contributed by atoms with E-state index in [1.54, 1.807) is 24.3 Å². The van der Waals surface area contributed by atoms with E-state index in [4.69, 9.17) is 9.84 Å². The normalized spacial score (nSPS) is 12.2. The van der Waals surface area contributed by atoms with Gasteiger partial charge in [0.15, 0.2) is 0 Å². The highest BCUT2D eigenvalue weighted by Gasteiger charge is 2.16. The van der Waals surface area contributed by atoms with Crippen molar-refractivity contribution < 1.29 is 19.4 Å². The minimum atomic E-state index is -0.938. The van der Waals surface area contributed by atoms with E-state index < -0.39 is 5.97 Å². The van der Waals surface area contributed by atoms with Crippen LogP contribution in [-0.4, -0.2) is 47.7 Å². The Morgan fingerprint density at radius 1 is 1.13 bits per heavy atom. The number of esters is 1. The summed E-state index contributed by atoms with van der Waals surface area (Å²) in [6, 6.07) is 6.73. The van der Waals surface area contributed by atoms with E-state index in [0.717, 1.165) is 31.5 Å². The second kappa shape index (κ2) is 10.0. The Morgan fingerprint density at radius 3 is 2.22 bits per heavy atom. The van der Waals surface area contributed by atoms with Crippen molar-refractivity contribution in [3.63, 3.8) is 0 Å². The second-order valence-electron chi connectivity index (χ2n) is 5.57. The zero-order valence-corrected chi connectivity index (χ0v) is 14.2. The molecule has 0 aliphatic heterocycles. The molecule has 0 spiro atoms. The number of carbonyl (C=O) groups is 2. The quantitative estimate of drug-likeness (QED) is 0.671. The zero-order chi connectivity index (χ0) is 17.2. The molecule has 0 amide bonds. The van der Waals surface area contributed by atoms with Gasteiger partial charge >= 0.3 is 11.9 Å². The first kappa shape index (κ1) is 19.2. The van der Waals surface area contributed by atoms with Crippen LogP contribution in [0.25, 0.3) is 0 Å². The van der Waals surface area contributed by atoms with Gasteiger partial charge in [0.25, 0.3) is 0 Å². The average Bonchev–Trinajstić information content (AvgIpc) is 2.53. The minimum absolute atomic E-state index is 0.168. The highest BCUT2D eigenvalue weighted by molar-refractivity contribution is 5.87. The van der Waals surface area contributed by atoms with Crippen LogP contribution in [0.4, 0.5) is 0 Å². The number of ether oxygens (including phenoxy) is 1. The van der Waals surface area contributed by atoms with Gasteiger partial charge in [0, 0.05) is 6.42 Å². The predicted octanol–water partition coefficient (Wildman–Crippen LogP) is 2.98. The van der Waals surface area contributed by atoms with Gasteiger partial charge in [-0.3, -0.25) is 9.69 Å². The van der Waals surface area contributed by atoms with E-state index in [1.807, 2.05) is 18.7 Å². The molecule has 5 heteroatoms. The predicted molar refractivity (Wildman–Crippen MR) is 89.7 cm³/mol. The van der Waals surface area contributed by atoms with Crippen LogP contribution in [0.3, 0.4) is 0 Å². The summed E-state index contributed by atoms with van der Waals surface area (Å²) in [6.07, 6.45) is 2.16. The molecular formula is C18H27NO4. The average molecular weight is 321 g/mol. The van der Waals surface area contributed by atoms with Gasteiger partial charge in [0.05, 0.1) is 12.1 Å². The topological polar surface area (TPSA) is 66.8 Å². The van der Waals surface area contributed by atoms with Gasteiger partial charge in [0.1, 0.15) is 6.10 Å². The molecule has 0 aliphatic carbocycles. The van der Waals surface area contributed by atoms with Crippen molar-refractivity contribution >= 4 is 11.9 Å². The summed E-state index contributed by atoms with van der Waals surface area (Å²) in [5.41, 5.74) is 1.24. The van der Waals surface area contributed by atoms with Crippen LogP contribution in [0, 0.1) is 0 Å². The number of hydrogen-bond donors (Lipinski definition) is 1. The van der Waals surface area contributed by atoms with Crippen molar-refractivity contribution in [2.75, 3.05) is 19.6 Å². The highest BCUT2D eigenvalue weighted by Crippen LogP contribution is 2.13. The Balaban J connectivity index is 2.63. The van der Waals surface area contributed by atoms with Crippen LogP contribution in [-0.2, 0) is 16.0 Å². The Hall–Kier alpha value is -1.88. The smallest absolute Gasteiger partial charge is 0.335 e. The van der Waals surface area contributed by atoms with Crippen molar-refractivity contribution in [3.8, 4) is 0 Å². The molecule has 23 heavy (non-hydrogen) atoms. The van der Waals surface area contributed by atoms with Crippen molar-refractivity contribution in [3.05, 3.63) is 35.4 Å². The molecule has 1 aromatic carbocycles. The van der Waals surface area contributed by atoms with E-state index in [0.29, 0.717) is 13.0 Å². The molecule has 0 aromatic heterocycles. The third-order valence-electron chi connectivity index (χ3n) is 3.82. The molecular weight excluding hydrogens is 294 g/mol. The molecule has 5 nitrogen and oxygen atoms in total. The number of nitrogens with zero attached hydrogens (tertiary/aromatic N) is 1. The van der Waals surface area contributed by atoms with Crippen LogP contribution in [0.15, 0.2) is 24.3 Å². The third kappa shape index (κ3) is 6.82. The van der Waals surface area contributed by atoms with Gasteiger partial charge in [0.2, 0.25) is 0 Å². The maximum absolute atomic E-state index is 12.0. The molecule has 1 aromatic rings. The maximum Gasteiger partial charge on any atom is 0.335 e. The number of carbonyl (C=O) groups excluding carboxylic acids is 1. The summed E-state index contributed by atoms with van der Waals surface area (Å²) in [5.74, 6) is -1.14. The van der Waals surface area contributed by atoms with Crippen LogP contribution in [0.2, 0.25) is 0 Å². The summed E-state index contributed by atoms with van der Waals surface area (Å²) < 4.78 is 5.61. The first-order chi connectivity index (χ1) is 11.0. The fourth-order valence-electron chi connectivity index (χ4n) is 2.42. The number of rotatable bonds is 10. The Labute approximate surface area is 138 Å². The molecule has 0 radical (unpaired) electrons. The summed E-state index contributed by atoms with van der Waals surface area (Å²) in [6.45, 7) is 8.04. The van der Waals surface area contributed by atoms with Gasteiger partial charge in [-0.15, -0.1) is 0 Å². The number of aromatic carboxylic acids is 1. The molecule has 0 aliphatic rings. The third-order valence-corrected chi connectivity index (χ3v) is 3.82. The lowest BCUT2D eigenvalue weighted by molar-refractivity contribution is -0.150. The molecule has 0 bridgehead atoms. The number of carboxylic acids is 1. The molecule has 0 saturated heterocycles. The van der Waals surface area contributed by atoms with Gasteiger partial charge < -0.3 is 9.84 Å². The fraction of sp³-hybridized carbons (Fsp3) is 0.556. The van der Waals surface area contributed by atoms with Crippen molar-refractivity contribution in [1.29, 1.82) is 0 Å². The number of carboxylic acid groups (broad SMARTS) is 1. The molecule has 1 N–H and O–H groups in total. The second-order valence-corrected chi connectivity index (χ2v) is 5.57. The molecule has 0 saturated carbocycles. The summed E-state index contributed by atoms with van der Waals surface area (Å²) in [5, 5.41) is 8.92. The Morgan fingerprint density at radius 2 is 1.74 bits per heavy atom. The van der Waals surface area contributed by atoms with E-state index >= 15 is 0 Å². The summed E-state index contributed by atoms with van der Waals surface area (Å²) in [7, 11) is 0. The van der Waals surface area contributed by atoms with E-state index in [-0.39, 0.29) is 17.6 Å². The lowest BCUT2D eigenvalue weighted by Gasteiger charge is -2.21. The zero-order valence-electron chi connectivity index (χ0n) is 14.2. The Bertz CT molecular complexity index is 494. The highest BCUT2D eigenvalue weighted by atomic mass is 16.5. The standard InChI is InChI=1S/C18H27NO4/c1-4-7-16(23-17(20)13-19(5-2)6-3)12-14-8-10-15(11-9-14)18(21)22/h8-11,16H,4-7,12-13H2,1-3H3,(H,21,22). The number of benzene rings is 1. The van der Waals surface area contributed by atoms with Crippen LogP contribution in [0.5, 0.6) is 0 Å². The van der Waals surface area contributed by atoms with E-state index in [1.165, 1.54) is 0 Å². The first-order valence-electron chi connectivity index (χ1n) is 8.24. The lowest BCUT2D eigenvalue weighted by atomic mass is 10.0. The lowest BCUT2D eigenvalue weighted by Crippen LogP contribution is -2.33. The van der Waals surface area contributed by atoms with Crippen molar-refractivity contribution in [1.82, 2.24) is 4.90 Å². The van der Waals surface area contributed by atoms with Crippen LogP contribution < -0.4 is 0 Å². The van der Waals surface area contributed by atoms with Crippen LogP contribution >= 0.6 is 0 Å². The van der Waals surface area contributed by atoms with E-state index in [9.17, 15) is 9.59 Å². The first-order valence-corrected chi connectivity index (χ1v) is 8.24. The summed E-state index contributed by atoms with van der Waals surface area (Å²) in [4.78, 5) is 24.9. The largest absolute Gasteiger partial charge is 0.478 e. The molecule has 1 unspecified atom stereocenters. The van der Waals surface area contributed by atoms with Gasteiger partial charge in [-0.2, -0.15) is 0 Å². The van der Waals surface area contributed by atoms with Gasteiger partial charge in [-0.25, -0.2) is 4.79 Å². The number of likely N-dealkylation sites (N-methyl/N-ethyl adjacent to an activating group) is 1.